The second-order valence-electron chi connectivity index (χ2n) is 5.88. The number of ether oxygens (including phenoxy) is 1. The van der Waals surface area contributed by atoms with E-state index in [-0.39, 0.29) is 13.2 Å². The van der Waals surface area contributed by atoms with E-state index >= 15 is 0 Å². The van der Waals surface area contributed by atoms with Crippen molar-refractivity contribution in [3.05, 3.63) is 57.8 Å². The number of nitrogens with zero attached hydrogens (tertiary/aromatic N) is 3. The quantitative estimate of drug-likeness (QED) is 0.466. The Balaban J connectivity index is 1.83. The third-order valence-electron chi connectivity index (χ3n) is 4.10. The molecule has 26 heavy (non-hydrogen) atoms. The molecule has 1 unspecified atom stereocenters. The summed E-state index contributed by atoms with van der Waals surface area (Å²) < 4.78 is 7.61. The number of pyridine rings is 1. The maximum absolute atomic E-state index is 9.64. The molecule has 0 bridgehead atoms. The molecule has 3 heterocycles. The van der Waals surface area contributed by atoms with E-state index < -0.39 is 27.2 Å². The Hall–Kier alpha value is -2.23. The molecule has 4 N–H and O–H groups in total. The molecule has 3 aromatic rings. The van der Waals surface area contributed by atoms with Crippen LogP contribution in [0.1, 0.15) is 11.1 Å². The first kappa shape index (κ1) is 17.2. The van der Waals surface area contributed by atoms with Gasteiger partial charge in [0, 0.05) is 0 Å². The summed E-state index contributed by atoms with van der Waals surface area (Å²) in [6, 6.07) is 9.92. The molecule has 1 atom stereocenters. The minimum atomic E-state index is -1.33. The third kappa shape index (κ3) is 3.13. The van der Waals surface area contributed by atoms with Crippen molar-refractivity contribution in [1.29, 1.82) is 0 Å². The van der Waals surface area contributed by atoms with Gasteiger partial charge in [0.1, 0.15) is 0 Å². The van der Waals surface area contributed by atoms with Gasteiger partial charge in [0.25, 0.3) is 0 Å². The van der Waals surface area contributed by atoms with Gasteiger partial charge >= 0.3 is 160 Å². The van der Waals surface area contributed by atoms with Gasteiger partial charge in [0.15, 0.2) is 0 Å². The van der Waals surface area contributed by atoms with Gasteiger partial charge in [0.05, 0.1) is 0 Å². The summed E-state index contributed by atoms with van der Waals surface area (Å²) in [6.07, 6.45) is 2.34. The van der Waals surface area contributed by atoms with Crippen molar-refractivity contribution in [2.45, 2.75) is 6.10 Å². The fraction of sp³-hybridized carbons (Fsp3) is 0.167. The number of hydrogen-bond donors (Lipinski definition) is 3. The van der Waals surface area contributed by atoms with Crippen LogP contribution in [0, 0.1) is 0 Å². The number of para-hydroxylation sites is 1. The number of aromatic nitrogens is 3. The Labute approximate surface area is 159 Å². The van der Waals surface area contributed by atoms with Gasteiger partial charge in [0.2, 0.25) is 0 Å². The number of benzene rings is 1. The van der Waals surface area contributed by atoms with Crippen LogP contribution < -0.4 is 9.44 Å². The first-order valence-electron chi connectivity index (χ1n) is 8.06. The van der Waals surface area contributed by atoms with Crippen molar-refractivity contribution >= 4 is 47.1 Å². The number of anilines is 1. The molecule has 2 radical (unpaired) electrons. The van der Waals surface area contributed by atoms with Gasteiger partial charge in [-0.15, -0.1) is 0 Å². The van der Waals surface area contributed by atoms with E-state index in [0.29, 0.717) is 5.82 Å². The maximum atomic E-state index is 9.64. The van der Waals surface area contributed by atoms with Crippen molar-refractivity contribution in [1.82, 2.24) is 15.0 Å². The fourth-order valence-corrected chi connectivity index (χ4v) is 6.46. The van der Waals surface area contributed by atoms with Gasteiger partial charge in [-0.05, 0) is 0 Å². The van der Waals surface area contributed by atoms with Crippen LogP contribution in [0.3, 0.4) is 0 Å². The van der Waals surface area contributed by atoms with E-state index in [9.17, 15) is 5.11 Å². The normalized spacial score (nSPS) is 14.5. The van der Waals surface area contributed by atoms with Gasteiger partial charge in [-0.1, -0.05) is 0 Å². The predicted octanol–water partition coefficient (Wildman–Crippen LogP) is 0.0368. The Morgan fingerprint density at radius 1 is 1.19 bits per heavy atom. The summed E-state index contributed by atoms with van der Waals surface area (Å²) in [4.78, 5) is 13.0. The van der Waals surface area contributed by atoms with E-state index in [0.717, 1.165) is 35.1 Å². The van der Waals surface area contributed by atoms with E-state index in [1.165, 1.54) is 6.33 Å². The van der Waals surface area contributed by atoms with Gasteiger partial charge in [-0.25, -0.2) is 0 Å². The number of hydrogen-bond acceptors (Lipinski definition) is 7. The molecule has 1 aliphatic heterocycles. The molecule has 0 spiro atoms. The molecular weight excluding hydrogens is 439 g/mol. The Bertz CT molecular complexity index is 1010. The van der Waals surface area contributed by atoms with Gasteiger partial charge in [-0.3, -0.25) is 0 Å². The molecule has 4 rings (SSSR count). The molecule has 2 aromatic heterocycles. The summed E-state index contributed by atoms with van der Waals surface area (Å²) in [5.74, 6) is 0.417. The number of aliphatic hydroxyl groups is 2. The summed E-state index contributed by atoms with van der Waals surface area (Å²) in [7, 11) is 0. The molecule has 0 saturated carbocycles. The molecule has 8 heteroatoms. The second kappa shape index (κ2) is 7.18. The molecule has 0 fully saturated rings. The number of aliphatic hydroxyl groups excluding tert-OH is 2. The van der Waals surface area contributed by atoms with Gasteiger partial charge < -0.3 is 0 Å². The van der Waals surface area contributed by atoms with Crippen molar-refractivity contribution in [2.24, 2.45) is 0 Å². The number of nitrogen functional groups attached to an aromatic ring is 1. The molecular formula is C18H16N4O3Sn. The molecule has 7 nitrogen and oxygen atoms in total. The third-order valence-corrected chi connectivity index (χ3v) is 7.63. The number of fused-ring (bicyclic) bond motifs is 2. The Kier molecular flexibility index (Phi) is 4.75. The average Bonchev–Trinajstić information content (AvgIpc) is 3.05. The van der Waals surface area contributed by atoms with Crippen LogP contribution in [0.5, 0.6) is 0 Å². The summed E-state index contributed by atoms with van der Waals surface area (Å²) in [6.45, 7) is -0.321. The van der Waals surface area contributed by atoms with Crippen molar-refractivity contribution < 1.29 is 14.9 Å². The molecule has 0 amide bonds. The van der Waals surface area contributed by atoms with E-state index in [2.05, 4.69) is 15.0 Å². The SMILES string of the molecule is Nc1ncn[c]2c1C(c1cnc3ccccc3c1)=[C](OCC(O)CO)[Sn]2. The minimum absolute atomic E-state index is 0.0263. The summed E-state index contributed by atoms with van der Waals surface area (Å²) in [5, 5.41) is 19.7. The van der Waals surface area contributed by atoms with Gasteiger partial charge in [-0.2, -0.15) is 0 Å². The molecule has 0 aliphatic carbocycles. The zero-order valence-electron chi connectivity index (χ0n) is 13.8. The zero-order chi connectivity index (χ0) is 18.1. The summed E-state index contributed by atoms with van der Waals surface area (Å²) >= 11 is -1.33. The molecule has 0 saturated heterocycles. The number of nitrogens with two attached hydrogens (primary N) is 1. The standard InChI is InChI=1S/C18H16N4O3.Sn/c19-18-15(7-20-11-22-18)16(10-25-9-14(24)8-23)13-5-12-3-1-2-4-17(12)21-6-13;/h1-6,11,14,23-24H,8-9H2,(H2,19,20,22);. The van der Waals surface area contributed by atoms with Crippen LogP contribution in [-0.4, -0.2) is 65.6 Å². The Morgan fingerprint density at radius 2 is 2.04 bits per heavy atom. The second-order valence-corrected chi connectivity index (χ2v) is 9.24. The van der Waals surface area contributed by atoms with Crippen LogP contribution in [0.25, 0.3) is 16.5 Å². The monoisotopic (exact) mass is 456 g/mol. The number of rotatable bonds is 5. The average molecular weight is 455 g/mol. The molecule has 1 aliphatic rings. The van der Waals surface area contributed by atoms with Crippen LogP contribution in [0.2, 0.25) is 0 Å². The Morgan fingerprint density at radius 3 is 2.88 bits per heavy atom. The van der Waals surface area contributed by atoms with E-state index in [1.807, 2.05) is 30.3 Å². The van der Waals surface area contributed by atoms with Crippen LogP contribution in [0.4, 0.5) is 5.82 Å². The summed E-state index contributed by atoms with van der Waals surface area (Å²) in [5.41, 5.74) is 9.59. The van der Waals surface area contributed by atoms with Crippen molar-refractivity contribution in [2.75, 3.05) is 18.9 Å². The van der Waals surface area contributed by atoms with E-state index in [1.54, 1.807) is 6.20 Å². The van der Waals surface area contributed by atoms with Crippen LogP contribution in [-0.2, 0) is 4.74 Å². The first-order valence-corrected chi connectivity index (χ1v) is 10.9. The molecule has 1 aromatic carbocycles. The topological polar surface area (TPSA) is 114 Å². The van der Waals surface area contributed by atoms with Crippen molar-refractivity contribution in [3.8, 4) is 0 Å². The van der Waals surface area contributed by atoms with Crippen molar-refractivity contribution in [3.63, 3.8) is 0 Å². The van der Waals surface area contributed by atoms with Crippen LogP contribution in [0.15, 0.2) is 46.6 Å². The zero-order valence-corrected chi connectivity index (χ0v) is 16.6. The van der Waals surface area contributed by atoms with Crippen LogP contribution >= 0.6 is 0 Å². The predicted molar refractivity (Wildman–Crippen MR) is 98.6 cm³/mol. The first-order chi connectivity index (χ1) is 12.7. The fourth-order valence-electron chi connectivity index (χ4n) is 2.85. The van der Waals surface area contributed by atoms with E-state index in [4.69, 9.17) is 15.6 Å². The molecule has 130 valence electrons.